The Kier molecular flexibility index (Phi) is 7.86. The fourth-order valence-electron chi connectivity index (χ4n) is 2.43. The Hall–Kier alpha value is -2.78. The van der Waals surface area contributed by atoms with Gasteiger partial charge in [-0.3, -0.25) is 19.7 Å². The number of thioether (sulfide) groups is 1. The first kappa shape index (κ1) is 22.5. The predicted molar refractivity (Wildman–Crippen MR) is 114 cm³/mol. The molecule has 0 bridgehead atoms. The summed E-state index contributed by atoms with van der Waals surface area (Å²) in [5.41, 5.74) is 1.43. The Morgan fingerprint density at radius 3 is 2.55 bits per heavy atom. The highest BCUT2D eigenvalue weighted by molar-refractivity contribution is 7.99. The van der Waals surface area contributed by atoms with Crippen molar-refractivity contribution in [3.63, 3.8) is 0 Å². The number of anilines is 1. The second kappa shape index (κ2) is 10.1. The van der Waals surface area contributed by atoms with Crippen molar-refractivity contribution in [2.24, 2.45) is 0 Å². The molecular weight excluding hydrogens is 418 g/mol. The van der Waals surface area contributed by atoms with E-state index in [-0.39, 0.29) is 34.0 Å². The van der Waals surface area contributed by atoms with Crippen molar-refractivity contribution in [2.45, 2.75) is 5.75 Å². The van der Waals surface area contributed by atoms with Crippen LogP contribution >= 0.6 is 23.4 Å². The molecule has 0 atom stereocenters. The Morgan fingerprint density at radius 2 is 1.97 bits per heavy atom. The number of nitrogens with zero attached hydrogens (tertiary/aromatic N) is 2. The summed E-state index contributed by atoms with van der Waals surface area (Å²) in [6.45, 7) is 0. The van der Waals surface area contributed by atoms with Gasteiger partial charge in [-0.25, -0.2) is 0 Å². The fraction of sp³-hybridized carbons (Fsp3) is 0.263. The second-order valence-corrected chi connectivity index (χ2v) is 7.59. The molecule has 2 rings (SSSR count). The molecule has 0 aliphatic carbocycles. The number of halogens is 1. The first-order valence-electron chi connectivity index (χ1n) is 8.43. The van der Waals surface area contributed by atoms with Gasteiger partial charge in [0.15, 0.2) is 5.75 Å². The summed E-state index contributed by atoms with van der Waals surface area (Å²) in [5.74, 6) is 0.290. The number of nitro groups is 1. The molecule has 2 aromatic carbocycles. The van der Waals surface area contributed by atoms with Gasteiger partial charge in [0.2, 0.25) is 5.91 Å². The Morgan fingerprint density at radius 1 is 1.24 bits per heavy atom. The summed E-state index contributed by atoms with van der Waals surface area (Å²) >= 11 is 7.45. The van der Waals surface area contributed by atoms with Gasteiger partial charge >= 0.3 is 5.69 Å². The van der Waals surface area contributed by atoms with Crippen LogP contribution in [0, 0.1) is 10.1 Å². The number of nitro benzene ring substituents is 1. The van der Waals surface area contributed by atoms with Crippen molar-refractivity contribution in [1.29, 1.82) is 0 Å². The molecule has 0 spiro atoms. The lowest BCUT2D eigenvalue weighted by atomic mass is 10.2. The van der Waals surface area contributed by atoms with E-state index in [1.54, 1.807) is 32.3 Å². The monoisotopic (exact) mass is 437 g/mol. The van der Waals surface area contributed by atoms with Crippen LogP contribution < -0.4 is 10.1 Å². The zero-order chi connectivity index (χ0) is 21.6. The molecule has 8 nitrogen and oxygen atoms in total. The minimum Gasteiger partial charge on any atom is -0.490 e. The molecule has 0 aromatic heterocycles. The van der Waals surface area contributed by atoms with Gasteiger partial charge in [-0.2, -0.15) is 0 Å². The number of nitrogens with one attached hydrogen (secondary N) is 1. The van der Waals surface area contributed by atoms with E-state index in [1.807, 2.05) is 0 Å². The lowest BCUT2D eigenvalue weighted by molar-refractivity contribution is -0.385. The molecule has 10 heteroatoms. The molecule has 0 radical (unpaired) electrons. The molecule has 29 heavy (non-hydrogen) atoms. The van der Waals surface area contributed by atoms with E-state index >= 15 is 0 Å². The average Bonchev–Trinajstić information content (AvgIpc) is 2.67. The van der Waals surface area contributed by atoms with Gasteiger partial charge in [0.25, 0.3) is 5.91 Å². The quantitative estimate of drug-likeness (QED) is 0.497. The van der Waals surface area contributed by atoms with E-state index in [2.05, 4.69) is 5.32 Å². The SMILES string of the molecule is COc1ccc(CSCC(=O)Nc2ccc(C(=O)N(C)C)c(Cl)c2)cc1[N+](=O)[O-]. The van der Waals surface area contributed by atoms with Gasteiger partial charge in [0.1, 0.15) is 0 Å². The summed E-state index contributed by atoms with van der Waals surface area (Å²) in [4.78, 5) is 36.1. The van der Waals surface area contributed by atoms with Crippen LogP contribution in [0.5, 0.6) is 5.75 Å². The summed E-state index contributed by atoms with van der Waals surface area (Å²) in [7, 11) is 4.63. The highest BCUT2D eigenvalue weighted by atomic mass is 35.5. The van der Waals surface area contributed by atoms with E-state index < -0.39 is 4.92 Å². The third kappa shape index (κ3) is 6.10. The molecule has 0 saturated heterocycles. The number of benzene rings is 2. The van der Waals surface area contributed by atoms with E-state index in [1.165, 1.54) is 42.0 Å². The van der Waals surface area contributed by atoms with Crippen LogP contribution in [0.4, 0.5) is 11.4 Å². The molecule has 0 fully saturated rings. The van der Waals surface area contributed by atoms with Gasteiger partial charge < -0.3 is 15.0 Å². The molecule has 1 N–H and O–H groups in total. The third-order valence-electron chi connectivity index (χ3n) is 3.83. The van der Waals surface area contributed by atoms with Crippen LogP contribution in [-0.2, 0) is 10.5 Å². The lowest BCUT2D eigenvalue weighted by Crippen LogP contribution is -2.22. The van der Waals surface area contributed by atoms with Crippen LogP contribution in [0.1, 0.15) is 15.9 Å². The molecule has 0 aliphatic rings. The zero-order valence-corrected chi connectivity index (χ0v) is 17.7. The van der Waals surface area contributed by atoms with Gasteiger partial charge in [-0.1, -0.05) is 17.7 Å². The Bertz CT molecular complexity index is 936. The largest absolute Gasteiger partial charge is 0.490 e. The highest BCUT2D eigenvalue weighted by Gasteiger charge is 2.16. The minimum atomic E-state index is -0.506. The van der Waals surface area contributed by atoms with Crippen molar-refractivity contribution >= 4 is 46.6 Å². The molecule has 2 amide bonds. The third-order valence-corrected chi connectivity index (χ3v) is 5.15. The normalized spacial score (nSPS) is 10.3. The molecule has 0 aliphatic heterocycles. The number of hydrogen-bond acceptors (Lipinski definition) is 6. The number of hydrogen-bond donors (Lipinski definition) is 1. The van der Waals surface area contributed by atoms with Crippen molar-refractivity contribution in [3.05, 3.63) is 62.7 Å². The van der Waals surface area contributed by atoms with Crippen molar-refractivity contribution in [2.75, 3.05) is 32.3 Å². The molecule has 0 saturated carbocycles. The van der Waals surface area contributed by atoms with Gasteiger partial charge in [0, 0.05) is 31.6 Å². The number of amides is 2. The molecular formula is C19H20ClN3O5S. The number of rotatable bonds is 8. The number of methoxy groups -OCH3 is 1. The molecule has 154 valence electrons. The Balaban J connectivity index is 1.92. The van der Waals surface area contributed by atoms with Crippen molar-refractivity contribution in [1.82, 2.24) is 4.90 Å². The van der Waals surface area contributed by atoms with E-state index in [0.29, 0.717) is 22.6 Å². The van der Waals surface area contributed by atoms with Gasteiger partial charge in [-0.05, 0) is 29.8 Å². The van der Waals surface area contributed by atoms with E-state index in [9.17, 15) is 19.7 Å². The Labute approximate surface area is 177 Å². The smallest absolute Gasteiger partial charge is 0.311 e. The topological polar surface area (TPSA) is 102 Å². The standard InChI is InChI=1S/C19H20ClN3O5S/c1-22(2)19(25)14-6-5-13(9-15(14)20)21-18(24)11-29-10-12-4-7-17(28-3)16(8-12)23(26)27/h4-9H,10-11H2,1-3H3,(H,21,24). The zero-order valence-electron chi connectivity index (χ0n) is 16.1. The number of ether oxygens (including phenoxy) is 1. The molecule has 2 aromatic rings. The second-order valence-electron chi connectivity index (χ2n) is 6.20. The summed E-state index contributed by atoms with van der Waals surface area (Å²) < 4.78 is 4.97. The fourth-order valence-corrected chi connectivity index (χ4v) is 3.47. The van der Waals surface area contributed by atoms with Crippen LogP contribution in [0.3, 0.4) is 0 Å². The highest BCUT2D eigenvalue weighted by Crippen LogP contribution is 2.29. The van der Waals surface area contributed by atoms with Crippen LogP contribution in [0.15, 0.2) is 36.4 Å². The average molecular weight is 438 g/mol. The summed E-state index contributed by atoms with van der Waals surface area (Å²) in [6.07, 6.45) is 0. The van der Waals surface area contributed by atoms with Gasteiger partial charge in [0.05, 0.1) is 28.4 Å². The number of carbonyl (C=O) groups excluding carboxylic acids is 2. The summed E-state index contributed by atoms with van der Waals surface area (Å²) in [6, 6.07) is 9.38. The van der Waals surface area contributed by atoms with E-state index in [4.69, 9.17) is 16.3 Å². The predicted octanol–water partition coefficient (Wildman–Crippen LogP) is 3.83. The maximum Gasteiger partial charge on any atom is 0.311 e. The van der Waals surface area contributed by atoms with Crippen LogP contribution in [0.2, 0.25) is 5.02 Å². The van der Waals surface area contributed by atoms with Crippen LogP contribution in [0.25, 0.3) is 0 Å². The van der Waals surface area contributed by atoms with Crippen molar-refractivity contribution < 1.29 is 19.2 Å². The maximum absolute atomic E-state index is 12.1. The van der Waals surface area contributed by atoms with Gasteiger partial charge in [-0.15, -0.1) is 11.8 Å². The lowest BCUT2D eigenvalue weighted by Gasteiger charge is -2.12. The first-order valence-corrected chi connectivity index (χ1v) is 9.96. The molecule has 0 unspecified atom stereocenters. The van der Waals surface area contributed by atoms with Crippen LogP contribution in [-0.4, -0.2) is 48.6 Å². The minimum absolute atomic E-state index is 0.114. The first-order chi connectivity index (χ1) is 13.7. The molecule has 0 heterocycles. The maximum atomic E-state index is 12.1. The van der Waals surface area contributed by atoms with Crippen molar-refractivity contribution in [3.8, 4) is 5.75 Å². The summed E-state index contributed by atoms with van der Waals surface area (Å²) in [5, 5.41) is 14.0. The van der Waals surface area contributed by atoms with E-state index in [0.717, 1.165) is 0 Å². The number of carbonyl (C=O) groups is 2.